The second-order valence-corrected chi connectivity index (χ2v) is 4.44. The zero-order valence-electron chi connectivity index (χ0n) is 10.1. The maximum atomic E-state index is 11.0. The van der Waals surface area contributed by atoms with Crippen LogP contribution in [0, 0.1) is 0 Å². The summed E-state index contributed by atoms with van der Waals surface area (Å²) in [6.45, 7) is 0. The maximum Gasteiger partial charge on any atom is 0.248 e. The Bertz CT molecular complexity index is 601. The predicted octanol–water partition coefficient (Wildman–Crippen LogP) is 2.17. The van der Waals surface area contributed by atoms with E-state index in [2.05, 4.69) is 31.2 Å². The van der Waals surface area contributed by atoms with Crippen molar-refractivity contribution in [3.8, 4) is 11.6 Å². The van der Waals surface area contributed by atoms with Crippen LogP contribution in [-0.2, 0) is 0 Å². The van der Waals surface area contributed by atoms with E-state index >= 15 is 0 Å². The lowest BCUT2D eigenvalue weighted by atomic mass is 10.2. The normalized spacial score (nSPS) is 10.0. The van der Waals surface area contributed by atoms with Crippen LogP contribution >= 0.6 is 15.9 Å². The molecule has 0 atom stereocenters. The third kappa shape index (κ3) is 3.19. The maximum absolute atomic E-state index is 11.0. The molecule has 6 nitrogen and oxygen atoms in total. The van der Waals surface area contributed by atoms with Crippen molar-refractivity contribution in [2.45, 2.75) is 0 Å². The predicted molar refractivity (Wildman–Crippen MR) is 74.3 cm³/mol. The number of amides is 1. The lowest BCUT2D eigenvalue weighted by Gasteiger charge is -2.08. The Morgan fingerprint density at radius 3 is 2.63 bits per heavy atom. The molecule has 2 rings (SSSR count). The van der Waals surface area contributed by atoms with Crippen molar-refractivity contribution in [1.29, 1.82) is 0 Å². The molecule has 0 aliphatic carbocycles. The van der Waals surface area contributed by atoms with Crippen molar-refractivity contribution in [2.75, 3.05) is 12.4 Å². The summed E-state index contributed by atoms with van der Waals surface area (Å²) in [6, 6.07) is 6.47. The molecule has 0 spiro atoms. The molecule has 0 bridgehead atoms. The van der Waals surface area contributed by atoms with Gasteiger partial charge in [-0.3, -0.25) is 4.79 Å². The van der Waals surface area contributed by atoms with Crippen LogP contribution in [0.4, 0.5) is 5.95 Å². The van der Waals surface area contributed by atoms with Crippen molar-refractivity contribution in [1.82, 2.24) is 9.97 Å². The first-order valence-corrected chi connectivity index (χ1v) is 6.17. The summed E-state index contributed by atoms with van der Waals surface area (Å²) in [4.78, 5) is 19.1. The molecule has 0 radical (unpaired) electrons. The van der Waals surface area contributed by atoms with Crippen molar-refractivity contribution in [2.24, 2.45) is 5.73 Å². The first kappa shape index (κ1) is 13.3. The molecule has 3 N–H and O–H groups in total. The van der Waals surface area contributed by atoms with Gasteiger partial charge in [-0.2, -0.15) is 4.98 Å². The average Bonchev–Trinajstić information content (AvgIpc) is 2.42. The van der Waals surface area contributed by atoms with Gasteiger partial charge in [0.05, 0.1) is 10.7 Å². The number of rotatable bonds is 4. The molecule has 0 fully saturated rings. The quantitative estimate of drug-likeness (QED) is 0.900. The van der Waals surface area contributed by atoms with Crippen LogP contribution in [0.5, 0.6) is 11.6 Å². The van der Waals surface area contributed by atoms with E-state index in [4.69, 9.17) is 10.5 Å². The number of carbonyl (C=O) groups excluding carboxylic acids is 1. The number of nitrogens with two attached hydrogens (primary N) is 1. The highest BCUT2D eigenvalue weighted by Gasteiger charge is 2.07. The first-order chi connectivity index (χ1) is 9.10. The van der Waals surface area contributed by atoms with Gasteiger partial charge in [-0.15, -0.1) is 0 Å². The summed E-state index contributed by atoms with van der Waals surface area (Å²) < 4.78 is 6.23. The number of halogens is 1. The van der Waals surface area contributed by atoms with E-state index in [-0.39, 0.29) is 0 Å². The SMILES string of the molecule is CNc1ncc(Br)c(Oc2ccc(C(N)=O)cc2)n1. The fourth-order valence-corrected chi connectivity index (χ4v) is 1.61. The Labute approximate surface area is 118 Å². The highest BCUT2D eigenvalue weighted by atomic mass is 79.9. The van der Waals surface area contributed by atoms with Crippen LogP contribution < -0.4 is 15.8 Å². The number of benzene rings is 1. The summed E-state index contributed by atoms with van der Waals surface area (Å²) in [5.74, 6) is 0.900. The highest BCUT2D eigenvalue weighted by Crippen LogP contribution is 2.27. The Morgan fingerprint density at radius 1 is 1.37 bits per heavy atom. The molecule has 0 saturated heterocycles. The highest BCUT2D eigenvalue weighted by molar-refractivity contribution is 9.10. The van der Waals surface area contributed by atoms with Gasteiger partial charge < -0.3 is 15.8 Å². The topological polar surface area (TPSA) is 90.1 Å². The minimum Gasteiger partial charge on any atom is -0.438 e. The van der Waals surface area contributed by atoms with Gasteiger partial charge in [-0.05, 0) is 40.2 Å². The van der Waals surface area contributed by atoms with Gasteiger partial charge >= 0.3 is 0 Å². The second kappa shape index (κ2) is 5.66. The number of anilines is 1. The van der Waals surface area contributed by atoms with Crippen LogP contribution in [0.25, 0.3) is 0 Å². The lowest BCUT2D eigenvalue weighted by molar-refractivity contribution is 0.100. The molecule has 19 heavy (non-hydrogen) atoms. The molecule has 7 heteroatoms. The Balaban J connectivity index is 2.23. The molecule has 0 aliphatic heterocycles. The number of primary amides is 1. The molecule has 1 amide bonds. The Kier molecular flexibility index (Phi) is 3.96. The van der Waals surface area contributed by atoms with E-state index in [1.165, 1.54) is 0 Å². The lowest BCUT2D eigenvalue weighted by Crippen LogP contribution is -2.10. The molecule has 1 heterocycles. The largest absolute Gasteiger partial charge is 0.438 e. The molecule has 1 aromatic carbocycles. The Morgan fingerprint density at radius 2 is 2.05 bits per heavy atom. The average molecular weight is 323 g/mol. The van der Waals surface area contributed by atoms with Crippen molar-refractivity contribution in [3.63, 3.8) is 0 Å². The molecule has 0 saturated carbocycles. The standard InChI is InChI=1S/C12H11BrN4O2/c1-15-12-16-6-9(13)11(17-12)19-8-4-2-7(3-5-8)10(14)18/h2-6H,1H3,(H2,14,18)(H,15,16,17). The summed E-state index contributed by atoms with van der Waals surface area (Å²) in [7, 11) is 1.72. The van der Waals surface area contributed by atoms with Crippen LogP contribution in [0.2, 0.25) is 0 Å². The van der Waals surface area contributed by atoms with Gasteiger partial charge in [0, 0.05) is 12.6 Å². The first-order valence-electron chi connectivity index (χ1n) is 5.38. The summed E-state index contributed by atoms with van der Waals surface area (Å²) in [6.07, 6.45) is 1.59. The van der Waals surface area contributed by atoms with Gasteiger partial charge in [-0.1, -0.05) is 0 Å². The molecule has 0 unspecified atom stereocenters. The van der Waals surface area contributed by atoms with Gasteiger partial charge in [0.1, 0.15) is 5.75 Å². The molecule has 0 aliphatic rings. The number of hydrogen-bond donors (Lipinski definition) is 2. The van der Waals surface area contributed by atoms with Gasteiger partial charge in [0.2, 0.25) is 17.7 Å². The third-order valence-electron chi connectivity index (χ3n) is 2.29. The number of ether oxygens (including phenoxy) is 1. The molecule has 2 aromatic rings. The van der Waals surface area contributed by atoms with Crippen molar-refractivity contribution >= 4 is 27.8 Å². The molecule has 98 valence electrons. The Hall–Kier alpha value is -2.15. The van der Waals surface area contributed by atoms with E-state index in [1.807, 2.05) is 0 Å². The minimum absolute atomic E-state index is 0.381. The van der Waals surface area contributed by atoms with E-state index < -0.39 is 5.91 Å². The van der Waals surface area contributed by atoms with Crippen molar-refractivity contribution in [3.05, 3.63) is 40.5 Å². The summed E-state index contributed by atoms with van der Waals surface area (Å²) in [5, 5.41) is 2.82. The zero-order valence-corrected chi connectivity index (χ0v) is 11.6. The van der Waals surface area contributed by atoms with Gasteiger partial charge in [0.25, 0.3) is 0 Å². The molecule has 1 aromatic heterocycles. The van der Waals surface area contributed by atoms with E-state index in [0.717, 1.165) is 0 Å². The number of aromatic nitrogens is 2. The van der Waals surface area contributed by atoms with Crippen LogP contribution in [-0.4, -0.2) is 22.9 Å². The van der Waals surface area contributed by atoms with Gasteiger partial charge in [0.15, 0.2) is 0 Å². The molecular weight excluding hydrogens is 312 g/mol. The third-order valence-corrected chi connectivity index (χ3v) is 2.83. The fourth-order valence-electron chi connectivity index (χ4n) is 1.34. The number of nitrogens with one attached hydrogen (secondary N) is 1. The van der Waals surface area contributed by atoms with E-state index in [1.54, 1.807) is 37.5 Å². The van der Waals surface area contributed by atoms with Crippen molar-refractivity contribution < 1.29 is 9.53 Å². The monoisotopic (exact) mass is 322 g/mol. The smallest absolute Gasteiger partial charge is 0.248 e. The summed E-state index contributed by atoms with van der Waals surface area (Å²) in [5.41, 5.74) is 5.58. The van der Waals surface area contributed by atoms with Gasteiger partial charge in [-0.25, -0.2) is 4.98 Å². The number of carbonyl (C=O) groups is 1. The fraction of sp³-hybridized carbons (Fsp3) is 0.0833. The second-order valence-electron chi connectivity index (χ2n) is 3.59. The van der Waals surface area contributed by atoms with E-state index in [0.29, 0.717) is 27.6 Å². The van der Waals surface area contributed by atoms with E-state index in [9.17, 15) is 4.79 Å². The number of nitrogens with zero attached hydrogens (tertiary/aromatic N) is 2. The molecular formula is C12H11BrN4O2. The summed E-state index contributed by atoms with van der Waals surface area (Å²) >= 11 is 3.30. The van der Waals surface area contributed by atoms with Crippen LogP contribution in [0.15, 0.2) is 34.9 Å². The zero-order chi connectivity index (χ0) is 13.8. The van der Waals surface area contributed by atoms with Crippen LogP contribution in [0.3, 0.4) is 0 Å². The minimum atomic E-state index is -0.479. The van der Waals surface area contributed by atoms with Crippen LogP contribution in [0.1, 0.15) is 10.4 Å². The number of hydrogen-bond acceptors (Lipinski definition) is 5.